The van der Waals surface area contributed by atoms with Crippen molar-refractivity contribution in [3.63, 3.8) is 0 Å². The molecule has 60 heavy (non-hydrogen) atoms. The van der Waals surface area contributed by atoms with Gasteiger partial charge in [-0.2, -0.15) is 20.2 Å². The molecule has 312 valence electrons. The zero-order chi connectivity index (χ0) is 41.4. The summed E-state index contributed by atoms with van der Waals surface area (Å²) in [5.41, 5.74) is 3.14. The van der Waals surface area contributed by atoms with Gasteiger partial charge in [0.15, 0.2) is 22.9 Å². The molecular formula is C40H44N12O8. The lowest BCUT2D eigenvalue weighted by Gasteiger charge is -2.29. The topological polar surface area (TPSA) is 228 Å². The maximum absolute atomic E-state index is 13.1. The van der Waals surface area contributed by atoms with E-state index in [1.807, 2.05) is 26.0 Å². The molecule has 0 saturated carbocycles. The Morgan fingerprint density at radius 3 is 1.50 bits per heavy atom. The molecule has 10 heterocycles. The van der Waals surface area contributed by atoms with Crippen LogP contribution in [0, 0.1) is 0 Å². The Morgan fingerprint density at radius 2 is 1.10 bits per heavy atom. The molecule has 6 aromatic heterocycles. The standard InChI is InChI=1S/2C20H22N6O4/c2*1-20(12-27)10-13-9-15(17(24-19(13)30-20)25-5-7-29-8-6-25)23-18(28)14-11-22-26-4-2-3-21-16(14)26/h2*2-4,9,11,27H,5-8,10,12H2,1H3,(H,23,28)/t2*20-/m10/s1. The van der Waals surface area contributed by atoms with E-state index in [1.165, 1.54) is 12.4 Å². The van der Waals surface area contributed by atoms with E-state index in [9.17, 15) is 19.8 Å². The average Bonchev–Trinajstić information content (AvgIpc) is 4.06. The minimum absolute atomic E-state index is 0.119. The van der Waals surface area contributed by atoms with Crippen molar-refractivity contribution in [3.8, 4) is 11.8 Å². The van der Waals surface area contributed by atoms with Crippen LogP contribution in [0.4, 0.5) is 23.0 Å². The van der Waals surface area contributed by atoms with Crippen molar-refractivity contribution >= 4 is 46.1 Å². The summed E-state index contributed by atoms with van der Waals surface area (Å²) in [5, 5.41) is 33.7. The predicted molar refractivity (Wildman–Crippen MR) is 216 cm³/mol. The first kappa shape index (κ1) is 39.0. The minimum atomic E-state index is -0.716. The lowest BCUT2D eigenvalue weighted by molar-refractivity contribution is 0.0415. The summed E-state index contributed by atoms with van der Waals surface area (Å²) in [6, 6.07) is 7.26. The van der Waals surface area contributed by atoms with Crippen molar-refractivity contribution in [2.75, 3.05) is 86.3 Å². The second-order valence-electron chi connectivity index (χ2n) is 15.4. The molecule has 10 rings (SSSR count). The van der Waals surface area contributed by atoms with E-state index < -0.39 is 11.2 Å². The van der Waals surface area contributed by atoms with Gasteiger partial charge in [-0.15, -0.1) is 0 Å². The van der Waals surface area contributed by atoms with Gasteiger partial charge >= 0.3 is 0 Å². The van der Waals surface area contributed by atoms with E-state index in [4.69, 9.17) is 28.9 Å². The van der Waals surface area contributed by atoms with Gasteiger partial charge in [0.1, 0.15) is 22.3 Å². The second kappa shape index (κ2) is 15.9. The first-order chi connectivity index (χ1) is 29.1. The number of amides is 2. The number of nitrogens with zero attached hydrogens (tertiary/aromatic N) is 10. The number of fused-ring (bicyclic) bond motifs is 4. The monoisotopic (exact) mass is 820 g/mol. The molecule has 4 N–H and O–H groups in total. The Morgan fingerprint density at radius 1 is 0.683 bits per heavy atom. The summed E-state index contributed by atoms with van der Waals surface area (Å²) in [7, 11) is 0. The van der Waals surface area contributed by atoms with Crippen LogP contribution in [0.2, 0.25) is 0 Å². The lowest BCUT2D eigenvalue weighted by atomic mass is 10.0. The molecule has 2 amide bonds. The van der Waals surface area contributed by atoms with Crippen molar-refractivity contribution in [3.05, 3.63) is 83.7 Å². The zero-order valence-electron chi connectivity index (χ0n) is 33.1. The Kier molecular flexibility index (Phi) is 10.4. The number of carbonyl (C=O) groups is 2. The van der Waals surface area contributed by atoms with Gasteiger partial charge in [0.05, 0.1) is 63.4 Å². The van der Waals surface area contributed by atoms with Gasteiger partial charge < -0.3 is 49.6 Å². The van der Waals surface area contributed by atoms with Crippen LogP contribution in [-0.4, -0.2) is 138 Å². The number of aliphatic hydroxyl groups is 2. The molecule has 0 radical (unpaired) electrons. The Labute approximate surface area is 343 Å². The average molecular weight is 821 g/mol. The molecule has 0 aromatic carbocycles. The molecule has 0 spiro atoms. The third-order valence-corrected chi connectivity index (χ3v) is 10.7. The van der Waals surface area contributed by atoms with Gasteiger partial charge in [-0.3, -0.25) is 9.59 Å². The number of ether oxygens (including phenoxy) is 4. The van der Waals surface area contributed by atoms with Gasteiger partial charge in [0.25, 0.3) is 11.8 Å². The molecule has 6 aromatic rings. The zero-order valence-corrected chi connectivity index (χ0v) is 33.1. The summed E-state index contributed by atoms with van der Waals surface area (Å²) in [6.45, 7) is 8.40. The van der Waals surface area contributed by atoms with Crippen LogP contribution in [-0.2, 0) is 22.3 Å². The van der Waals surface area contributed by atoms with E-state index in [-0.39, 0.29) is 25.0 Å². The summed E-state index contributed by atoms with van der Waals surface area (Å²) in [4.78, 5) is 48.2. The fourth-order valence-electron chi connectivity index (χ4n) is 7.58. The quantitative estimate of drug-likeness (QED) is 0.172. The van der Waals surface area contributed by atoms with Crippen LogP contribution < -0.4 is 29.9 Å². The molecule has 4 aliphatic rings. The van der Waals surface area contributed by atoms with Crippen LogP contribution >= 0.6 is 0 Å². The fourth-order valence-corrected chi connectivity index (χ4v) is 7.58. The highest BCUT2D eigenvalue weighted by Gasteiger charge is 2.38. The smallest absolute Gasteiger partial charge is 0.261 e. The van der Waals surface area contributed by atoms with E-state index in [1.54, 1.807) is 46.0 Å². The predicted octanol–water partition coefficient (Wildman–Crippen LogP) is 1.80. The Balaban J connectivity index is 0.000000154. The number of carbonyl (C=O) groups excluding carboxylic acids is 2. The highest BCUT2D eigenvalue weighted by Crippen LogP contribution is 2.40. The maximum atomic E-state index is 13.1. The lowest BCUT2D eigenvalue weighted by Crippen LogP contribution is -2.37. The number of aromatic nitrogens is 8. The number of hydrogen-bond acceptors (Lipinski definition) is 16. The number of rotatable bonds is 8. The van der Waals surface area contributed by atoms with Gasteiger partial charge in [0, 0.05) is 74.9 Å². The van der Waals surface area contributed by atoms with Crippen molar-refractivity contribution in [2.24, 2.45) is 0 Å². The SMILES string of the molecule is C[C@@]1(CO)Cc2cc(NC(=O)c3cnn4cccnc34)c(N3CCOCC3)nc2O1.C[C@]1(CO)Cc2cc(NC(=O)c3cnn4cccnc34)c(N3CCOCC3)nc2O1. The number of anilines is 4. The van der Waals surface area contributed by atoms with E-state index >= 15 is 0 Å². The van der Waals surface area contributed by atoms with Gasteiger partial charge in [-0.1, -0.05) is 0 Å². The minimum Gasteiger partial charge on any atom is -0.468 e. The van der Waals surface area contributed by atoms with Gasteiger partial charge in [0.2, 0.25) is 11.8 Å². The van der Waals surface area contributed by atoms with Crippen LogP contribution in [0.3, 0.4) is 0 Å². The molecule has 2 atom stereocenters. The van der Waals surface area contributed by atoms with Gasteiger partial charge in [-0.25, -0.2) is 19.0 Å². The maximum Gasteiger partial charge on any atom is 0.261 e. The first-order valence-electron chi connectivity index (χ1n) is 19.6. The number of morpholine rings is 2. The van der Waals surface area contributed by atoms with E-state index in [0.717, 1.165) is 11.1 Å². The summed E-state index contributed by atoms with van der Waals surface area (Å²) >= 11 is 0. The molecule has 2 saturated heterocycles. The molecule has 0 unspecified atom stereocenters. The fraction of sp³-hybridized carbons (Fsp3) is 0.400. The number of nitrogens with one attached hydrogen (secondary N) is 2. The Bertz CT molecular complexity index is 2400. The summed E-state index contributed by atoms with van der Waals surface area (Å²) in [5.74, 6) is 1.59. The summed E-state index contributed by atoms with van der Waals surface area (Å²) < 4.78 is 25.8. The molecular weight excluding hydrogens is 777 g/mol. The third kappa shape index (κ3) is 7.60. The third-order valence-electron chi connectivity index (χ3n) is 10.7. The van der Waals surface area contributed by atoms with Crippen molar-refractivity contribution in [1.29, 1.82) is 0 Å². The second-order valence-corrected chi connectivity index (χ2v) is 15.4. The van der Waals surface area contributed by atoms with Crippen LogP contribution in [0.1, 0.15) is 45.7 Å². The van der Waals surface area contributed by atoms with Crippen LogP contribution in [0.25, 0.3) is 11.3 Å². The van der Waals surface area contributed by atoms with Crippen molar-refractivity contribution in [1.82, 2.24) is 39.2 Å². The largest absolute Gasteiger partial charge is 0.468 e. The van der Waals surface area contributed by atoms with E-state index in [2.05, 4.69) is 40.6 Å². The number of pyridine rings is 2. The molecule has 0 aliphatic carbocycles. The number of hydrogen-bond donors (Lipinski definition) is 4. The Hall–Kier alpha value is -6.48. The number of aliphatic hydroxyl groups excluding tert-OH is 2. The van der Waals surface area contributed by atoms with Gasteiger partial charge in [-0.05, 0) is 38.1 Å². The van der Waals surface area contributed by atoms with Crippen LogP contribution in [0.5, 0.6) is 11.8 Å². The molecule has 4 aliphatic heterocycles. The normalized spacial score (nSPS) is 20.8. The molecule has 0 bridgehead atoms. The van der Waals surface area contributed by atoms with Crippen molar-refractivity contribution < 1.29 is 38.7 Å². The highest BCUT2D eigenvalue weighted by molar-refractivity contribution is 6.10. The summed E-state index contributed by atoms with van der Waals surface area (Å²) in [6.07, 6.45) is 10.7. The molecule has 20 heteroatoms. The van der Waals surface area contributed by atoms with Crippen LogP contribution in [0.15, 0.2) is 61.4 Å². The van der Waals surface area contributed by atoms with E-state index in [0.29, 0.717) is 123 Å². The first-order valence-corrected chi connectivity index (χ1v) is 19.6. The molecule has 20 nitrogen and oxygen atoms in total. The highest BCUT2D eigenvalue weighted by atomic mass is 16.5. The van der Waals surface area contributed by atoms with Crippen molar-refractivity contribution in [2.45, 2.75) is 37.9 Å². The molecule has 2 fully saturated rings.